The van der Waals surface area contributed by atoms with Crippen LogP contribution in [0.25, 0.3) is 0 Å². The summed E-state index contributed by atoms with van der Waals surface area (Å²) in [6.45, 7) is 7.50. The molecule has 0 aliphatic rings. The molecule has 0 aliphatic carbocycles. The standard InChI is InChI=1S/C30H37N3O5S/c1-5-23(3)31-30(35)24(4)32(21-25-13-9-7-10-14-25)29(34)22-33(26-15-11-8-12-16-26)39(36,37)28-19-17-27(18-20-28)38-6-2/h7-20,23-24H,5-6,21-22H2,1-4H3,(H,31,35)/t23-,24-/m0/s1. The molecule has 0 unspecified atom stereocenters. The van der Waals surface area contributed by atoms with Crippen LogP contribution in [-0.4, -0.2) is 50.4 Å². The molecule has 0 spiro atoms. The van der Waals surface area contributed by atoms with Gasteiger partial charge in [-0.1, -0.05) is 55.5 Å². The lowest BCUT2D eigenvalue weighted by molar-refractivity contribution is -0.139. The maximum Gasteiger partial charge on any atom is 0.264 e. The molecule has 3 aromatic carbocycles. The van der Waals surface area contributed by atoms with Gasteiger partial charge in [-0.05, 0) is 69.2 Å². The van der Waals surface area contributed by atoms with Crippen molar-refractivity contribution in [3.8, 4) is 5.75 Å². The predicted molar refractivity (Wildman–Crippen MR) is 153 cm³/mol. The Balaban J connectivity index is 1.97. The van der Waals surface area contributed by atoms with Crippen molar-refractivity contribution in [1.82, 2.24) is 10.2 Å². The molecule has 8 nitrogen and oxygen atoms in total. The van der Waals surface area contributed by atoms with Gasteiger partial charge < -0.3 is 15.0 Å². The van der Waals surface area contributed by atoms with Crippen LogP contribution in [0.1, 0.15) is 39.7 Å². The molecule has 1 N–H and O–H groups in total. The first kappa shape index (κ1) is 29.7. The maximum atomic E-state index is 13.9. The predicted octanol–water partition coefficient (Wildman–Crippen LogP) is 4.61. The number of carbonyl (C=O) groups excluding carboxylic acids is 2. The number of nitrogens with zero attached hydrogens (tertiary/aromatic N) is 2. The molecule has 0 bridgehead atoms. The van der Waals surface area contributed by atoms with Crippen LogP contribution in [-0.2, 0) is 26.2 Å². The Morgan fingerprint density at radius 3 is 2.03 bits per heavy atom. The average Bonchev–Trinajstić information content (AvgIpc) is 2.95. The summed E-state index contributed by atoms with van der Waals surface area (Å²) in [6.07, 6.45) is 0.743. The third-order valence-electron chi connectivity index (χ3n) is 6.41. The number of anilines is 1. The SMILES string of the molecule is CCOc1ccc(S(=O)(=O)N(CC(=O)N(Cc2ccccc2)[C@@H](C)C(=O)N[C@@H](C)CC)c2ccccc2)cc1. The zero-order valence-electron chi connectivity index (χ0n) is 22.9. The third kappa shape index (κ3) is 7.83. The van der Waals surface area contributed by atoms with E-state index >= 15 is 0 Å². The second kappa shape index (κ2) is 13.8. The lowest BCUT2D eigenvalue weighted by Crippen LogP contribution is -2.52. The van der Waals surface area contributed by atoms with Gasteiger partial charge in [0.2, 0.25) is 11.8 Å². The number of nitrogens with one attached hydrogen (secondary N) is 1. The van der Waals surface area contributed by atoms with Crippen molar-refractivity contribution in [2.24, 2.45) is 0 Å². The summed E-state index contributed by atoms with van der Waals surface area (Å²) in [7, 11) is -4.13. The Morgan fingerprint density at radius 1 is 0.872 bits per heavy atom. The van der Waals surface area contributed by atoms with Gasteiger partial charge in [0.15, 0.2) is 0 Å². The van der Waals surface area contributed by atoms with Gasteiger partial charge in [0.1, 0.15) is 18.3 Å². The van der Waals surface area contributed by atoms with Crippen molar-refractivity contribution in [3.63, 3.8) is 0 Å². The van der Waals surface area contributed by atoms with Crippen LogP contribution in [0.3, 0.4) is 0 Å². The van der Waals surface area contributed by atoms with E-state index in [9.17, 15) is 18.0 Å². The summed E-state index contributed by atoms with van der Waals surface area (Å²) in [5, 5.41) is 2.93. The van der Waals surface area contributed by atoms with Crippen LogP contribution < -0.4 is 14.4 Å². The monoisotopic (exact) mass is 551 g/mol. The second-order valence-electron chi connectivity index (χ2n) is 9.25. The summed E-state index contributed by atoms with van der Waals surface area (Å²) in [4.78, 5) is 28.4. The molecule has 0 heterocycles. The van der Waals surface area contributed by atoms with E-state index in [0.717, 1.165) is 16.3 Å². The normalized spacial score (nSPS) is 12.7. The smallest absolute Gasteiger partial charge is 0.264 e. The summed E-state index contributed by atoms with van der Waals surface area (Å²) in [6, 6.07) is 23.0. The average molecular weight is 552 g/mol. The Morgan fingerprint density at radius 2 is 1.46 bits per heavy atom. The fourth-order valence-electron chi connectivity index (χ4n) is 3.95. The highest BCUT2D eigenvalue weighted by atomic mass is 32.2. The molecule has 0 aliphatic heterocycles. The summed E-state index contributed by atoms with van der Waals surface area (Å²) < 4.78 is 34.2. The molecule has 9 heteroatoms. The molecule has 0 fully saturated rings. The van der Waals surface area contributed by atoms with Gasteiger partial charge in [-0.15, -0.1) is 0 Å². The fraction of sp³-hybridized carbons (Fsp3) is 0.333. The highest BCUT2D eigenvalue weighted by molar-refractivity contribution is 7.92. The Labute approximate surface area is 231 Å². The van der Waals surface area contributed by atoms with E-state index in [4.69, 9.17) is 4.74 Å². The van der Waals surface area contributed by atoms with E-state index in [1.54, 1.807) is 49.4 Å². The Bertz CT molecular complexity index is 1320. The third-order valence-corrected chi connectivity index (χ3v) is 8.20. The van der Waals surface area contributed by atoms with E-state index in [-0.39, 0.29) is 23.4 Å². The summed E-state index contributed by atoms with van der Waals surface area (Å²) in [5.74, 6) is -0.243. The van der Waals surface area contributed by atoms with Gasteiger partial charge in [0.05, 0.1) is 17.2 Å². The van der Waals surface area contributed by atoms with Crippen molar-refractivity contribution in [1.29, 1.82) is 0 Å². The molecule has 0 radical (unpaired) electrons. The Hall–Kier alpha value is -3.85. The molecule has 39 heavy (non-hydrogen) atoms. The molecule has 2 atom stereocenters. The topological polar surface area (TPSA) is 96.0 Å². The summed E-state index contributed by atoms with van der Waals surface area (Å²) in [5.41, 5.74) is 1.17. The minimum absolute atomic E-state index is 0.0276. The van der Waals surface area contributed by atoms with Crippen molar-refractivity contribution in [2.45, 2.75) is 57.6 Å². The first-order valence-corrected chi connectivity index (χ1v) is 14.6. The lowest BCUT2D eigenvalue weighted by atomic mass is 10.1. The van der Waals surface area contributed by atoms with E-state index in [1.165, 1.54) is 17.0 Å². The van der Waals surface area contributed by atoms with Crippen molar-refractivity contribution in [2.75, 3.05) is 17.5 Å². The van der Waals surface area contributed by atoms with E-state index in [0.29, 0.717) is 18.0 Å². The lowest BCUT2D eigenvalue weighted by Gasteiger charge is -2.32. The molecule has 2 amide bonds. The molecular formula is C30H37N3O5S. The first-order valence-electron chi connectivity index (χ1n) is 13.1. The molecule has 208 valence electrons. The molecular weight excluding hydrogens is 514 g/mol. The van der Waals surface area contributed by atoms with Crippen LogP contribution in [0.15, 0.2) is 89.8 Å². The minimum atomic E-state index is -4.13. The van der Waals surface area contributed by atoms with Crippen LogP contribution in [0.2, 0.25) is 0 Å². The van der Waals surface area contributed by atoms with Crippen LogP contribution in [0.5, 0.6) is 5.75 Å². The Kier molecular flexibility index (Phi) is 10.5. The summed E-state index contributed by atoms with van der Waals surface area (Å²) >= 11 is 0. The number of benzene rings is 3. The number of amides is 2. The fourth-order valence-corrected chi connectivity index (χ4v) is 5.37. The number of rotatable bonds is 13. The van der Waals surface area contributed by atoms with Gasteiger partial charge in [-0.25, -0.2) is 8.42 Å². The highest BCUT2D eigenvalue weighted by Gasteiger charge is 2.32. The van der Waals surface area contributed by atoms with E-state index < -0.39 is 28.5 Å². The van der Waals surface area contributed by atoms with Crippen LogP contribution in [0.4, 0.5) is 5.69 Å². The number of ether oxygens (including phenoxy) is 1. The zero-order chi connectivity index (χ0) is 28.4. The number of para-hydroxylation sites is 1. The van der Waals surface area contributed by atoms with Gasteiger partial charge in [-0.3, -0.25) is 13.9 Å². The zero-order valence-corrected chi connectivity index (χ0v) is 23.7. The molecule has 0 aromatic heterocycles. The van der Waals surface area contributed by atoms with Gasteiger partial charge in [0, 0.05) is 12.6 Å². The van der Waals surface area contributed by atoms with E-state index in [2.05, 4.69) is 5.32 Å². The molecule has 3 rings (SSSR count). The number of carbonyl (C=O) groups is 2. The second-order valence-corrected chi connectivity index (χ2v) is 11.1. The molecule has 3 aromatic rings. The van der Waals surface area contributed by atoms with Crippen molar-refractivity contribution >= 4 is 27.5 Å². The van der Waals surface area contributed by atoms with Crippen LogP contribution >= 0.6 is 0 Å². The quantitative estimate of drug-likeness (QED) is 0.335. The number of hydrogen-bond donors (Lipinski definition) is 1. The highest BCUT2D eigenvalue weighted by Crippen LogP contribution is 2.26. The molecule has 0 saturated heterocycles. The minimum Gasteiger partial charge on any atom is -0.494 e. The van der Waals surface area contributed by atoms with E-state index in [1.807, 2.05) is 51.1 Å². The molecule has 0 saturated carbocycles. The largest absolute Gasteiger partial charge is 0.494 e. The van der Waals surface area contributed by atoms with Crippen molar-refractivity contribution < 1.29 is 22.7 Å². The van der Waals surface area contributed by atoms with Gasteiger partial charge in [-0.2, -0.15) is 0 Å². The van der Waals surface area contributed by atoms with Crippen LogP contribution in [0, 0.1) is 0 Å². The number of hydrogen-bond acceptors (Lipinski definition) is 5. The van der Waals surface area contributed by atoms with Crippen molar-refractivity contribution in [3.05, 3.63) is 90.5 Å². The number of sulfonamides is 1. The van der Waals surface area contributed by atoms with Gasteiger partial charge in [0.25, 0.3) is 10.0 Å². The first-order chi connectivity index (χ1) is 18.7. The maximum absolute atomic E-state index is 13.9. The van der Waals surface area contributed by atoms with Gasteiger partial charge >= 0.3 is 0 Å².